The van der Waals surface area contributed by atoms with Gasteiger partial charge in [0, 0.05) is 18.1 Å². The molecule has 1 saturated heterocycles. The lowest BCUT2D eigenvalue weighted by atomic mass is 9.77. The fourth-order valence-corrected chi connectivity index (χ4v) is 4.15. The van der Waals surface area contributed by atoms with Gasteiger partial charge in [-0.3, -0.25) is 15.0 Å². The lowest BCUT2D eigenvalue weighted by Gasteiger charge is -2.44. The second-order valence-electron chi connectivity index (χ2n) is 6.85. The highest BCUT2D eigenvalue weighted by Gasteiger charge is 2.46. The minimum atomic E-state index is -0.478. The van der Waals surface area contributed by atoms with Crippen molar-refractivity contribution in [3.8, 4) is 0 Å². The molecule has 0 bridgehead atoms. The molecule has 0 radical (unpaired) electrons. The molecule has 0 aromatic rings. The van der Waals surface area contributed by atoms with E-state index in [4.69, 9.17) is 4.74 Å². The number of methoxy groups -OCH3 is 1. The summed E-state index contributed by atoms with van der Waals surface area (Å²) in [6.07, 6.45) is 6.68. The van der Waals surface area contributed by atoms with Crippen LogP contribution in [-0.4, -0.2) is 48.2 Å². The van der Waals surface area contributed by atoms with Gasteiger partial charge in [0.2, 0.25) is 0 Å². The quantitative estimate of drug-likeness (QED) is 0.804. The summed E-state index contributed by atoms with van der Waals surface area (Å²) in [5.74, 6) is -0.0808. The molecule has 0 spiro atoms. The number of carbonyl (C=O) groups excluding carboxylic acids is 1. The van der Waals surface area contributed by atoms with Crippen LogP contribution in [0.3, 0.4) is 0 Å². The van der Waals surface area contributed by atoms with Crippen molar-refractivity contribution in [1.29, 1.82) is 0 Å². The number of nitrogens with one attached hydrogen (secondary N) is 1. The molecule has 2 fully saturated rings. The van der Waals surface area contributed by atoms with Crippen LogP contribution in [0.25, 0.3) is 0 Å². The molecule has 0 aromatic carbocycles. The van der Waals surface area contributed by atoms with Crippen LogP contribution >= 0.6 is 0 Å². The fraction of sp³-hybridized carbons (Fsp3) is 0.938. The maximum atomic E-state index is 12.4. The van der Waals surface area contributed by atoms with E-state index >= 15 is 0 Å². The third-order valence-electron chi connectivity index (χ3n) is 4.94. The SMILES string of the molecule is COC(=O)C1(NC(C)C)CCCC(N2CCCC2C)C1. The summed E-state index contributed by atoms with van der Waals surface area (Å²) in [7, 11) is 1.51. The van der Waals surface area contributed by atoms with E-state index in [1.54, 1.807) is 0 Å². The Balaban J connectivity index is 2.13. The standard InChI is InChI=1S/C16H30N2O2/c1-12(2)17-16(15(19)20-4)9-5-8-14(11-16)18-10-6-7-13(18)3/h12-14,17H,5-11H2,1-4H3. The van der Waals surface area contributed by atoms with E-state index in [-0.39, 0.29) is 5.97 Å². The van der Waals surface area contributed by atoms with Crippen molar-refractivity contribution in [3.63, 3.8) is 0 Å². The first-order valence-electron chi connectivity index (χ1n) is 8.10. The monoisotopic (exact) mass is 282 g/mol. The first-order chi connectivity index (χ1) is 9.48. The summed E-state index contributed by atoms with van der Waals surface area (Å²) < 4.78 is 5.11. The van der Waals surface area contributed by atoms with Crippen molar-refractivity contribution in [3.05, 3.63) is 0 Å². The van der Waals surface area contributed by atoms with Crippen LogP contribution < -0.4 is 5.32 Å². The van der Waals surface area contributed by atoms with Gasteiger partial charge in [-0.15, -0.1) is 0 Å². The fourth-order valence-electron chi connectivity index (χ4n) is 4.15. The van der Waals surface area contributed by atoms with Crippen molar-refractivity contribution in [2.45, 2.75) is 83.0 Å². The predicted octanol–water partition coefficient (Wildman–Crippen LogP) is 2.32. The van der Waals surface area contributed by atoms with Crippen molar-refractivity contribution >= 4 is 5.97 Å². The maximum Gasteiger partial charge on any atom is 0.326 e. The topological polar surface area (TPSA) is 41.6 Å². The number of esters is 1. The van der Waals surface area contributed by atoms with E-state index in [1.807, 2.05) is 0 Å². The Morgan fingerprint density at radius 3 is 2.65 bits per heavy atom. The van der Waals surface area contributed by atoms with Gasteiger partial charge in [0.05, 0.1) is 7.11 Å². The molecule has 1 aliphatic carbocycles. The molecule has 1 saturated carbocycles. The first kappa shape index (κ1) is 15.8. The molecule has 0 aromatic heterocycles. The van der Waals surface area contributed by atoms with Crippen molar-refractivity contribution in [2.24, 2.45) is 0 Å². The highest BCUT2D eigenvalue weighted by Crippen LogP contribution is 2.35. The number of likely N-dealkylation sites (tertiary alicyclic amines) is 1. The minimum Gasteiger partial charge on any atom is -0.468 e. The summed E-state index contributed by atoms with van der Waals surface area (Å²) in [6, 6.07) is 1.47. The Labute approximate surface area is 123 Å². The summed E-state index contributed by atoms with van der Waals surface area (Å²) in [6.45, 7) is 7.71. The average molecular weight is 282 g/mol. The Morgan fingerprint density at radius 2 is 2.10 bits per heavy atom. The molecule has 2 rings (SSSR count). The molecule has 116 valence electrons. The summed E-state index contributed by atoms with van der Waals surface area (Å²) >= 11 is 0. The largest absolute Gasteiger partial charge is 0.468 e. The number of hydrogen-bond donors (Lipinski definition) is 1. The number of ether oxygens (including phenoxy) is 1. The molecule has 3 atom stereocenters. The number of rotatable bonds is 4. The highest BCUT2D eigenvalue weighted by molar-refractivity contribution is 5.81. The smallest absolute Gasteiger partial charge is 0.326 e. The molecular weight excluding hydrogens is 252 g/mol. The van der Waals surface area contributed by atoms with Crippen LogP contribution in [0.1, 0.15) is 59.3 Å². The molecule has 3 unspecified atom stereocenters. The van der Waals surface area contributed by atoms with Crippen molar-refractivity contribution in [1.82, 2.24) is 10.2 Å². The van der Waals surface area contributed by atoms with E-state index < -0.39 is 5.54 Å². The summed E-state index contributed by atoms with van der Waals surface area (Å²) in [4.78, 5) is 15.0. The average Bonchev–Trinajstić information content (AvgIpc) is 2.83. The molecule has 2 aliphatic rings. The van der Waals surface area contributed by atoms with Crippen LogP contribution in [0.5, 0.6) is 0 Å². The maximum absolute atomic E-state index is 12.4. The number of nitrogens with zero attached hydrogens (tertiary/aromatic N) is 1. The van der Waals surface area contributed by atoms with Gasteiger partial charge >= 0.3 is 5.97 Å². The minimum absolute atomic E-state index is 0.0808. The molecule has 1 N–H and O–H groups in total. The second kappa shape index (κ2) is 6.44. The van der Waals surface area contributed by atoms with Gasteiger partial charge in [-0.05, 0) is 65.8 Å². The number of hydrogen-bond acceptors (Lipinski definition) is 4. The van der Waals surface area contributed by atoms with Gasteiger partial charge in [-0.25, -0.2) is 0 Å². The van der Waals surface area contributed by atoms with Gasteiger partial charge < -0.3 is 4.74 Å². The molecule has 0 amide bonds. The van der Waals surface area contributed by atoms with Crippen molar-refractivity contribution in [2.75, 3.05) is 13.7 Å². The number of carbonyl (C=O) groups is 1. The summed E-state index contributed by atoms with van der Waals surface area (Å²) in [5.41, 5.74) is -0.478. The molecule has 4 nitrogen and oxygen atoms in total. The van der Waals surface area contributed by atoms with E-state index in [0.717, 1.165) is 19.3 Å². The molecular formula is C16H30N2O2. The Hall–Kier alpha value is -0.610. The lowest BCUT2D eigenvalue weighted by Crippen LogP contribution is -2.60. The second-order valence-corrected chi connectivity index (χ2v) is 6.85. The third-order valence-corrected chi connectivity index (χ3v) is 4.94. The zero-order valence-electron chi connectivity index (χ0n) is 13.4. The van der Waals surface area contributed by atoms with Gasteiger partial charge in [0.1, 0.15) is 5.54 Å². The Morgan fingerprint density at radius 1 is 1.35 bits per heavy atom. The highest BCUT2D eigenvalue weighted by atomic mass is 16.5. The zero-order valence-corrected chi connectivity index (χ0v) is 13.4. The van der Waals surface area contributed by atoms with E-state index in [2.05, 4.69) is 31.0 Å². The molecule has 1 heterocycles. The summed E-state index contributed by atoms with van der Waals surface area (Å²) in [5, 5.41) is 3.51. The molecule has 20 heavy (non-hydrogen) atoms. The lowest BCUT2D eigenvalue weighted by molar-refractivity contribution is -0.151. The first-order valence-corrected chi connectivity index (χ1v) is 8.10. The normalized spacial score (nSPS) is 35.5. The van der Waals surface area contributed by atoms with Crippen LogP contribution in [-0.2, 0) is 9.53 Å². The van der Waals surface area contributed by atoms with Crippen LogP contribution in [0, 0.1) is 0 Å². The van der Waals surface area contributed by atoms with Gasteiger partial charge in [0.25, 0.3) is 0 Å². The van der Waals surface area contributed by atoms with Crippen LogP contribution in [0.2, 0.25) is 0 Å². The van der Waals surface area contributed by atoms with Crippen LogP contribution in [0.15, 0.2) is 0 Å². The molecule has 1 aliphatic heterocycles. The predicted molar refractivity (Wildman–Crippen MR) is 80.7 cm³/mol. The van der Waals surface area contributed by atoms with Gasteiger partial charge in [0.15, 0.2) is 0 Å². The van der Waals surface area contributed by atoms with Crippen LogP contribution in [0.4, 0.5) is 0 Å². The van der Waals surface area contributed by atoms with Gasteiger partial charge in [-0.2, -0.15) is 0 Å². The van der Waals surface area contributed by atoms with Crippen molar-refractivity contribution < 1.29 is 9.53 Å². The Bertz CT molecular complexity index is 345. The van der Waals surface area contributed by atoms with E-state index in [0.29, 0.717) is 18.1 Å². The zero-order chi connectivity index (χ0) is 14.8. The molecule has 4 heteroatoms. The van der Waals surface area contributed by atoms with Gasteiger partial charge in [-0.1, -0.05) is 0 Å². The Kier molecular flexibility index (Phi) is 5.08. The van der Waals surface area contributed by atoms with E-state index in [1.165, 1.54) is 32.9 Å². The van der Waals surface area contributed by atoms with E-state index in [9.17, 15) is 4.79 Å². The third kappa shape index (κ3) is 3.17.